The van der Waals surface area contributed by atoms with Gasteiger partial charge in [0.05, 0.1) is 5.69 Å². The summed E-state index contributed by atoms with van der Waals surface area (Å²) < 4.78 is 2.24. The van der Waals surface area contributed by atoms with Crippen LogP contribution in [0, 0.1) is 0 Å². The van der Waals surface area contributed by atoms with E-state index in [1.165, 1.54) is 30.7 Å². The molecule has 2 aliphatic rings. The molecule has 1 heterocycles. The maximum absolute atomic E-state index is 5.96. The molecule has 2 bridgehead atoms. The molecule has 0 amide bonds. The molecular formula is C11H17N3. The normalized spacial score (nSPS) is 28.8. The summed E-state index contributed by atoms with van der Waals surface area (Å²) >= 11 is 0. The maximum atomic E-state index is 5.96. The van der Waals surface area contributed by atoms with Gasteiger partial charge in [-0.25, -0.2) is 4.98 Å². The van der Waals surface area contributed by atoms with Crippen LogP contribution >= 0.6 is 0 Å². The van der Waals surface area contributed by atoms with E-state index in [1.807, 2.05) is 0 Å². The first-order chi connectivity index (χ1) is 6.68. The smallest absolute Gasteiger partial charge is 0.200 e. The summed E-state index contributed by atoms with van der Waals surface area (Å²) in [5.41, 5.74) is 8.72. The van der Waals surface area contributed by atoms with Crippen LogP contribution in [-0.4, -0.2) is 9.55 Å². The molecule has 0 saturated heterocycles. The van der Waals surface area contributed by atoms with Crippen LogP contribution in [-0.2, 0) is 0 Å². The highest BCUT2D eigenvalue weighted by atomic mass is 15.2. The number of nitrogens with zero attached hydrogens (tertiary/aromatic N) is 2. The first-order valence-corrected chi connectivity index (χ1v) is 5.56. The minimum atomic E-state index is 0.450. The molecule has 1 fully saturated rings. The second-order valence-corrected chi connectivity index (χ2v) is 4.91. The average Bonchev–Trinajstić information content (AvgIpc) is 2.70. The first-order valence-electron chi connectivity index (χ1n) is 5.56. The number of hydrogen-bond acceptors (Lipinski definition) is 2. The number of imidazole rings is 1. The Hall–Kier alpha value is -0.990. The lowest BCUT2D eigenvalue weighted by molar-refractivity contribution is 0.550. The molecule has 0 radical (unpaired) electrons. The summed E-state index contributed by atoms with van der Waals surface area (Å²) in [4.78, 5) is 4.54. The predicted molar refractivity (Wildman–Crippen MR) is 56.4 cm³/mol. The molecule has 3 nitrogen and oxygen atoms in total. The van der Waals surface area contributed by atoms with Crippen LogP contribution in [0.4, 0.5) is 5.95 Å². The van der Waals surface area contributed by atoms with E-state index in [0.29, 0.717) is 6.04 Å². The molecule has 14 heavy (non-hydrogen) atoms. The lowest BCUT2D eigenvalue weighted by Crippen LogP contribution is -2.11. The molecule has 2 atom stereocenters. The first kappa shape index (κ1) is 8.33. The van der Waals surface area contributed by atoms with Crippen LogP contribution in [0.15, 0.2) is 0 Å². The van der Waals surface area contributed by atoms with Gasteiger partial charge in [-0.1, -0.05) is 0 Å². The van der Waals surface area contributed by atoms with Crippen molar-refractivity contribution in [3.8, 4) is 0 Å². The van der Waals surface area contributed by atoms with E-state index in [4.69, 9.17) is 5.73 Å². The fourth-order valence-corrected chi connectivity index (χ4v) is 3.21. The van der Waals surface area contributed by atoms with Gasteiger partial charge < -0.3 is 10.3 Å². The van der Waals surface area contributed by atoms with Crippen molar-refractivity contribution in [2.75, 3.05) is 5.73 Å². The molecule has 0 aliphatic heterocycles. The fourth-order valence-electron chi connectivity index (χ4n) is 3.21. The third-order valence-electron chi connectivity index (χ3n) is 3.73. The maximum Gasteiger partial charge on any atom is 0.200 e. The molecule has 1 saturated carbocycles. The van der Waals surface area contributed by atoms with Crippen molar-refractivity contribution < 1.29 is 0 Å². The van der Waals surface area contributed by atoms with Crippen molar-refractivity contribution in [2.24, 2.45) is 0 Å². The van der Waals surface area contributed by atoms with E-state index in [1.54, 1.807) is 0 Å². The molecular weight excluding hydrogens is 174 g/mol. The quantitative estimate of drug-likeness (QED) is 0.740. The van der Waals surface area contributed by atoms with Crippen molar-refractivity contribution in [3.05, 3.63) is 11.4 Å². The van der Waals surface area contributed by atoms with Gasteiger partial charge in [-0.2, -0.15) is 0 Å². The summed E-state index contributed by atoms with van der Waals surface area (Å²) in [5.74, 6) is 2.20. The number of rotatable bonds is 1. The Morgan fingerprint density at radius 1 is 1.36 bits per heavy atom. The molecule has 1 aromatic heterocycles. The molecule has 2 aliphatic carbocycles. The van der Waals surface area contributed by atoms with E-state index in [0.717, 1.165) is 17.8 Å². The highest BCUT2D eigenvalue weighted by molar-refractivity contribution is 5.40. The Kier molecular flexibility index (Phi) is 1.50. The predicted octanol–water partition coefficient (Wildman–Crippen LogP) is 2.41. The molecule has 0 spiro atoms. The van der Waals surface area contributed by atoms with Gasteiger partial charge >= 0.3 is 0 Å². The second kappa shape index (κ2) is 2.53. The lowest BCUT2D eigenvalue weighted by Gasteiger charge is -2.17. The van der Waals surface area contributed by atoms with E-state index in [9.17, 15) is 0 Å². The number of nitrogen functional groups attached to an aromatic ring is 1. The Balaban J connectivity index is 2.19. The van der Waals surface area contributed by atoms with Crippen molar-refractivity contribution in [1.82, 2.24) is 9.55 Å². The summed E-state index contributed by atoms with van der Waals surface area (Å²) in [6.07, 6.45) is 3.99. The monoisotopic (exact) mass is 191 g/mol. The number of aromatic nitrogens is 2. The Bertz CT molecular complexity index is 378. The molecule has 0 aromatic carbocycles. The minimum Gasteiger partial charge on any atom is -0.369 e. The zero-order chi connectivity index (χ0) is 9.87. The lowest BCUT2D eigenvalue weighted by atomic mass is 10.0. The Morgan fingerprint density at radius 2 is 2.07 bits per heavy atom. The molecule has 3 rings (SSSR count). The van der Waals surface area contributed by atoms with Crippen LogP contribution in [0.5, 0.6) is 0 Å². The van der Waals surface area contributed by atoms with Crippen LogP contribution in [0.3, 0.4) is 0 Å². The Labute approximate surface area is 84.3 Å². The third-order valence-corrected chi connectivity index (χ3v) is 3.73. The largest absolute Gasteiger partial charge is 0.369 e. The van der Waals surface area contributed by atoms with Gasteiger partial charge in [0.1, 0.15) is 0 Å². The SMILES string of the molecule is CC(C)n1c(N)nc2c1C1CCC2C1. The molecule has 1 aromatic rings. The van der Waals surface area contributed by atoms with E-state index in [-0.39, 0.29) is 0 Å². The minimum absolute atomic E-state index is 0.450. The highest BCUT2D eigenvalue weighted by Crippen LogP contribution is 2.53. The van der Waals surface area contributed by atoms with Gasteiger partial charge in [-0.05, 0) is 33.1 Å². The summed E-state index contributed by atoms with van der Waals surface area (Å²) in [6, 6.07) is 0.450. The van der Waals surface area contributed by atoms with Crippen molar-refractivity contribution in [1.29, 1.82) is 0 Å². The average molecular weight is 191 g/mol. The van der Waals surface area contributed by atoms with Crippen LogP contribution < -0.4 is 5.73 Å². The summed E-state index contributed by atoms with van der Waals surface area (Å²) in [5, 5.41) is 0. The molecule has 3 heteroatoms. The third kappa shape index (κ3) is 0.851. The van der Waals surface area contributed by atoms with E-state index < -0.39 is 0 Å². The van der Waals surface area contributed by atoms with E-state index in [2.05, 4.69) is 23.4 Å². The van der Waals surface area contributed by atoms with Gasteiger partial charge in [0.15, 0.2) is 0 Å². The van der Waals surface area contributed by atoms with Gasteiger partial charge in [0.25, 0.3) is 0 Å². The van der Waals surface area contributed by atoms with Gasteiger partial charge in [-0.15, -0.1) is 0 Å². The number of nitrogens with two attached hydrogens (primary N) is 1. The molecule has 2 N–H and O–H groups in total. The van der Waals surface area contributed by atoms with Crippen molar-refractivity contribution >= 4 is 5.95 Å². The topological polar surface area (TPSA) is 43.8 Å². The van der Waals surface area contributed by atoms with Gasteiger partial charge in [0.2, 0.25) is 5.95 Å². The summed E-state index contributed by atoms with van der Waals surface area (Å²) in [6.45, 7) is 4.37. The summed E-state index contributed by atoms with van der Waals surface area (Å²) in [7, 11) is 0. The van der Waals surface area contributed by atoms with Crippen LogP contribution in [0.1, 0.15) is 62.4 Å². The van der Waals surface area contributed by atoms with Crippen LogP contribution in [0.25, 0.3) is 0 Å². The van der Waals surface area contributed by atoms with Gasteiger partial charge in [0, 0.05) is 23.6 Å². The zero-order valence-electron chi connectivity index (χ0n) is 8.83. The molecule has 2 unspecified atom stereocenters. The van der Waals surface area contributed by atoms with Gasteiger partial charge in [-0.3, -0.25) is 0 Å². The number of hydrogen-bond donors (Lipinski definition) is 1. The Morgan fingerprint density at radius 3 is 2.79 bits per heavy atom. The van der Waals surface area contributed by atoms with Crippen LogP contribution in [0.2, 0.25) is 0 Å². The highest BCUT2D eigenvalue weighted by Gasteiger charge is 2.41. The number of fused-ring (bicyclic) bond motifs is 5. The van der Waals surface area contributed by atoms with Crippen molar-refractivity contribution in [3.63, 3.8) is 0 Å². The molecule has 76 valence electrons. The fraction of sp³-hybridized carbons (Fsp3) is 0.727. The van der Waals surface area contributed by atoms with Crippen molar-refractivity contribution in [2.45, 2.75) is 51.0 Å². The second-order valence-electron chi connectivity index (χ2n) is 4.91. The van der Waals surface area contributed by atoms with E-state index >= 15 is 0 Å². The standard InChI is InChI=1S/C11H17N3/c1-6(2)14-10-8-4-3-7(5-8)9(10)13-11(14)12/h6-8H,3-5H2,1-2H3,(H2,12,13). The number of anilines is 1. The zero-order valence-corrected chi connectivity index (χ0v) is 8.83.